The second-order valence-corrected chi connectivity index (χ2v) is 16.4. The molecule has 0 atom stereocenters. The van der Waals surface area contributed by atoms with E-state index in [0.29, 0.717) is 11.4 Å². The Balaban J connectivity index is 1.30. The molecule has 4 aromatic carbocycles. The third-order valence-electron chi connectivity index (χ3n) is 8.91. The van der Waals surface area contributed by atoms with Crippen molar-refractivity contribution < 1.29 is 47.1 Å². The van der Waals surface area contributed by atoms with Crippen molar-refractivity contribution in [2.75, 3.05) is 83.7 Å². The van der Waals surface area contributed by atoms with Crippen LogP contribution in [0.4, 0.5) is 58.4 Å². The number of hydrogen-bond acceptors (Lipinski definition) is 21. The molecule has 64 heavy (non-hydrogen) atoms. The number of benzene rings is 4. The molecule has 0 radical (unpaired) electrons. The summed E-state index contributed by atoms with van der Waals surface area (Å²) in [4.78, 5) is 28.7. The molecule has 2 heterocycles. The Bertz CT molecular complexity index is 2620. The van der Waals surface area contributed by atoms with E-state index in [-0.39, 0.29) is 116 Å². The van der Waals surface area contributed by atoms with Crippen molar-refractivity contribution in [3.05, 3.63) is 108 Å². The molecular weight excluding hydrogens is 873 g/mol. The lowest BCUT2D eigenvalue weighted by Gasteiger charge is -2.23. The Morgan fingerprint density at radius 3 is 1.14 bits per heavy atom. The third kappa shape index (κ3) is 13.0. The lowest BCUT2D eigenvalue weighted by molar-refractivity contribution is 0.279. The van der Waals surface area contributed by atoms with Crippen molar-refractivity contribution in [2.45, 2.75) is 9.79 Å². The molecule has 338 valence electrons. The van der Waals surface area contributed by atoms with Gasteiger partial charge in [0.2, 0.25) is 35.7 Å². The van der Waals surface area contributed by atoms with Gasteiger partial charge in [-0.2, -0.15) is 38.3 Å². The first-order valence-corrected chi connectivity index (χ1v) is 22.3. The van der Waals surface area contributed by atoms with Crippen LogP contribution in [0.5, 0.6) is 0 Å². The van der Waals surface area contributed by atoms with E-state index in [1.165, 1.54) is 52.3 Å². The summed E-state index contributed by atoms with van der Waals surface area (Å²) in [6, 6.07) is 26.1. The number of nitrogens with one attached hydrogen (secondary N) is 4. The molecule has 12 N–H and O–H groups in total. The van der Waals surface area contributed by atoms with Gasteiger partial charge >= 0.3 is 0 Å². The summed E-state index contributed by atoms with van der Waals surface area (Å²) in [5.74, 6) is 0.311. The minimum atomic E-state index is -4.89. The van der Waals surface area contributed by atoms with Crippen LogP contribution in [0.3, 0.4) is 0 Å². The second kappa shape index (κ2) is 21.7. The summed E-state index contributed by atoms with van der Waals surface area (Å²) in [6.07, 6.45) is 2.59. The van der Waals surface area contributed by atoms with Gasteiger partial charge in [0.05, 0.1) is 31.3 Å². The third-order valence-corrected chi connectivity index (χ3v) is 10.8. The van der Waals surface area contributed by atoms with Crippen LogP contribution in [0.2, 0.25) is 0 Å². The lowest BCUT2D eigenvalue weighted by Crippen LogP contribution is -2.31. The fourth-order valence-electron chi connectivity index (χ4n) is 6.04. The molecule has 0 saturated carbocycles. The quantitative estimate of drug-likeness (QED) is 0.0327. The number of para-hydroxylation sites is 2. The van der Waals surface area contributed by atoms with Gasteiger partial charge < -0.3 is 65.2 Å². The monoisotopic (exact) mass is 918 g/mol. The van der Waals surface area contributed by atoms with Crippen molar-refractivity contribution in [3.8, 4) is 0 Å². The highest BCUT2D eigenvalue weighted by Gasteiger charge is 2.22. The van der Waals surface area contributed by atoms with Crippen LogP contribution in [0, 0.1) is 0 Å². The highest BCUT2D eigenvalue weighted by atomic mass is 32.3. The molecule has 0 spiro atoms. The van der Waals surface area contributed by atoms with Gasteiger partial charge in [-0.1, -0.05) is 60.7 Å². The molecular formula is C40H46N12O10S2. The van der Waals surface area contributed by atoms with Crippen LogP contribution in [0.15, 0.2) is 107 Å². The van der Waals surface area contributed by atoms with E-state index >= 15 is 0 Å². The smallest absolute Gasteiger partial charge is 0.295 e. The molecule has 24 heteroatoms. The standard InChI is InChI=1S/C40H46N12O10S2/c53-21-17-51(18-22-54)39-47-35(41-29-7-3-1-4-8-29)45-37(49-39)43-31-15-13-27(33(25-31)63(57,58)59)11-12-28-14-16-32(26-34(28)64(60,61)62)44-38-46-36(42-30-9-5-2-6-10-30)48-40(50-38)52(19-23-55)20-24-56/h1-16,25-26,53-59H,17-24H2,(H,60,61,62)(H2,41,43,45,47,49)(H2,42,44,46,48,50)/b12-11+. The number of anilines is 10. The average molecular weight is 919 g/mol. The van der Waals surface area contributed by atoms with E-state index in [0.717, 1.165) is 6.07 Å². The van der Waals surface area contributed by atoms with Crippen molar-refractivity contribution >= 4 is 91.6 Å². The Morgan fingerprint density at radius 2 is 0.797 bits per heavy atom. The first kappa shape index (κ1) is 46.9. The Hall–Kier alpha value is -6.58. The number of rotatable bonds is 22. The van der Waals surface area contributed by atoms with Crippen molar-refractivity contribution in [1.82, 2.24) is 29.9 Å². The van der Waals surface area contributed by atoms with Crippen LogP contribution in [0.25, 0.3) is 12.2 Å². The molecule has 0 fully saturated rings. The van der Waals surface area contributed by atoms with E-state index in [4.69, 9.17) is 0 Å². The zero-order chi connectivity index (χ0) is 45.7. The molecule has 22 nitrogen and oxygen atoms in total. The minimum absolute atomic E-state index is 0.0239. The molecule has 0 saturated heterocycles. The fraction of sp³-hybridized carbons (Fsp3) is 0.200. The number of hydrogen-bond donors (Lipinski definition) is 12. The summed E-state index contributed by atoms with van der Waals surface area (Å²) in [5, 5.41) is 50.5. The second-order valence-electron chi connectivity index (χ2n) is 13.5. The van der Waals surface area contributed by atoms with Gasteiger partial charge in [-0.15, -0.1) is 0 Å². The van der Waals surface area contributed by atoms with Crippen LogP contribution in [-0.2, 0) is 10.1 Å². The predicted molar refractivity (Wildman–Crippen MR) is 244 cm³/mol. The largest absolute Gasteiger partial charge is 0.395 e. The van der Waals surface area contributed by atoms with Gasteiger partial charge in [-0.3, -0.25) is 4.55 Å². The van der Waals surface area contributed by atoms with Crippen LogP contribution in [-0.4, -0.2) is 130 Å². The molecule has 0 aliphatic rings. The van der Waals surface area contributed by atoms with Crippen molar-refractivity contribution in [2.24, 2.45) is 0 Å². The van der Waals surface area contributed by atoms with E-state index in [9.17, 15) is 47.1 Å². The van der Waals surface area contributed by atoms with E-state index in [1.807, 2.05) is 12.1 Å². The Kier molecular flexibility index (Phi) is 15.9. The molecule has 0 bridgehead atoms. The fourth-order valence-corrected chi connectivity index (χ4v) is 7.49. The highest BCUT2D eigenvalue weighted by molar-refractivity contribution is 8.19. The lowest BCUT2D eigenvalue weighted by atomic mass is 10.1. The van der Waals surface area contributed by atoms with Gasteiger partial charge in [0, 0.05) is 48.9 Å². The number of aliphatic hydroxyl groups is 4. The van der Waals surface area contributed by atoms with E-state index < -0.39 is 25.9 Å². The summed E-state index contributed by atoms with van der Waals surface area (Å²) in [7, 11) is -9.30. The van der Waals surface area contributed by atoms with Crippen molar-refractivity contribution in [3.63, 3.8) is 0 Å². The zero-order valence-corrected chi connectivity index (χ0v) is 35.5. The summed E-state index contributed by atoms with van der Waals surface area (Å²) < 4.78 is 67.3. The summed E-state index contributed by atoms with van der Waals surface area (Å²) in [5.41, 5.74) is 1.65. The van der Waals surface area contributed by atoms with Crippen LogP contribution < -0.4 is 31.1 Å². The number of nitrogens with zero attached hydrogens (tertiary/aromatic N) is 8. The van der Waals surface area contributed by atoms with Crippen LogP contribution >= 0.6 is 10.9 Å². The maximum absolute atomic E-state index is 12.7. The normalized spacial score (nSPS) is 11.9. The predicted octanol–water partition coefficient (Wildman–Crippen LogP) is 4.61. The molecule has 0 aliphatic heterocycles. The molecule has 6 aromatic rings. The summed E-state index contributed by atoms with van der Waals surface area (Å²) >= 11 is 0. The Morgan fingerprint density at radius 1 is 0.453 bits per heavy atom. The maximum Gasteiger partial charge on any atom is 0.295 e. The topological polar surface area (TPSA) is 328 Å². The first-order chi connectivity index (χ1) is 30.8. The van der Waals surface area contributed by atoms with Gasteiger partial charge in [0.1, 0.15) is 15.8 Å². The van der Waals surface area contributed by atoms with E-state index in [1.54, 1.807) is 48.5 Å². The zero-order valence-electron chi connectivity index (χ0n) is 33.8. The van der Waals surface area contributed by atoms with Crippen molar-refractivity contribution in [1.29, 1.82) is 0 Å². The SMILES string of the molecule is O=S(=O)(O)c1cc(Nc2nc(Nc3ccccc3)nc(N(CCO)CCO)n2)ccc1/C=C/c1ccc(Nc2nc(Nc3ccccc3)nc(N(CCO)CCO)n2)cc1S(O)(O)O. The number of aliphatic hydroxyl groups excluding tert-OH is 4. The summed E-state index contributed by atoms with van der Waals surface area (Å²) in [6.45, 7) is -0.705. The molecule has 6 rings (SSSR count). The maximum atomic E-state index is 12.7. The number of aromatic nitrogens is 6. The minimum Gasteiger partial charge on any atom is -0.395 e. The van der Waals surface area contributed by atoms with Crippen LogP contribution in [0.1, 0.15) is 11.1 Å². The van der Waals surface area contributed by atoms with Gasteiger partial charge in [0.15, 0.2) is 0 Å². The first-order valence-electron chi connectivity index (χ1n) is 19.3. The van der Waals surface area contributed by atoms with Gasteiger partial charge in [0.25, 0.3) is 10.1 Å². The average Bonchev–Trinajstić information content (AvgIpc) is 3.26. The molecule has 0 unspecified atom stereocenters. The molecule has 2 aromatic heterocycles. The van der Waals surface area contributed by atoms with Gasteiger partial charge in [-0.05, 0) is 59.7 Å². The molecule has 0 amide bonds. The van der Waals surface area contributed by atoms with Gasteiger partial charge in [-0.25, -0.2) is 0 Å². The molecule has 0 aliphatic carbocycles. The highest BCUT2D eigenvalue weighted by Crippen LogP contribution is 2.47. The Labute approximate surface area is 369 Å². The van der Waals surface area contributed by atoms with E-state index in [2.05, 4.69) is 51.2 Å².